The molecular weight excluding hydrogens is 351 g/mol. The van der Waals surface area contributed by atoms with Gasteiger partial charge in [0.1, 0.15) is 10.7 Å². The summed E-state index contributed by atoms with van der Waals surface area (Å²) < 4.78 is 45.5. The Hall–Kier alpha value is -0.700. The number of hydrogen-bond acceptors (Lipinski definition) is 4. The van der Waals surface area contributed by atoms with Crippen molar-refractivity contribution in [2.75, 3.05) is 18.9 Å². The summed E-state index contributed by atoms with van der Waals surface area (Å²) in [5.41, 5.74) is 4.77. The van der Waals surface area contributed by atoms with Crippen molar-refractivity contribution >= 4 is 31.6 Å². The first kappa shape index (κ1) is 17.4. The van der Waals surface area contributed by atoms with E-state index in [-0.39, 0.29) is 21.6 Å². The summed E-state index contributed by atoms with van der Waals surface area (Å²) in [4.78, 5) is -0.168. The van der Waals surface area contributed by atoms with Crippen molar-refractivity contribution in [2.45, 2.75) is 31.3 Å². The van der Waals surface area contributed by atoms with Crippen LogP contribution < -0.4 is 10.5 Å². The summed E-state index contributed by atoms with van der Waals surface area (Å²) >= 11 is 2.94. The number of nitrogens with one attached hydrogen (secondary N) is 1. The minimum atomic E-state index is -3.83. The van der Waals surface area contributed by atoms with Crippen LogP contribution in [-0.4, -0.2) is 27.2 Å². The molecule has 0 aliphatic rings. The van der Waals surface area contributed by atoms with Gasteiger partial charge < -0.3 is 10.5 Å². The molecule has 3 N–H and O–H groups in total. The SMILES string of the molecule is CCOC(C)(C)CNS(=O)(=O)c1cc(Br)c(F)cc1N. The molecule has 0 bridgehead atoms. The standard InChI is InChI=1S/C12H18BrFN2O3S/c1-4-19-12(2,3)7-16-20(17,18)11-5-8(13)9(14)6-10(11)15/h5-6,16H,4,7,15H2,1-3H3. The van der Waals surface area contributed by atoms with E-state index in [2.05, 4.69) is 20.7 Å². The van der Waals surface area contributed by atoms with E-state index in [0.717, 1.165) is 12.1 Å². The van der Waals surface area contributed by atoms with E-state index in [1.165, 1.54) is 0 Å². The largest absolute Gasteiger partial charge is 0.398 e. The Balaban J connectivity index is 2.98. The van der Waals surface area contributed by atoms with Gasteiger partial charge in [-0.3, -0.25) is 0 Å². The summed E-state index contributed by atoms with van der Waals surface area (Å²) in [6.45, 7) is 5.91. The minimum Gasteiger partial charge on any atom is -0.398 e. The normalized spacial score (nSPS) is 12.7. The fourth-order valence-electron chi connectivity index (χ4n) is 1.57. The number of benzene rings is 1. The van der Waals surface area contributed by atoms with Crippen LogP contribution in [-0.2, 0) is 14.8 Å². The van der Waals surface area contributed by atoms with E-state index in [9.17, 15) is 12.8 Å². The van der Waals surface area contributed by atoms with Crippen LogP contribution in [0.4, 0.5) is 10.1 Å². The number of sulfonamides is 1. The third-order valence-electron chi connectivity index (χ3n) is 2.57. The van der Waals surface area contributed by atoms with Gasteiger partial charge in [0, 0.05) is 13.2 Å². The zero-order chi connectivity index (χ0) is 15.6. The molecule has 0 fully saturated rings. The summed E-state index contributed by atoms with van der Waals surface area (Å²) in [7, 11) is -3.83. The Labute approximate surface area is 126 Å². The number of halogens is 2. The molecule has 0 radical (unpaired) electrons. The second-order valence-corrected chi connectivity index (χ2v) is 7.41. The summed E-state index contributed by atoms with van der Waals surface area (Å²) in [5, 5.41) is 0. The first-order valence-corrected chi connectivity index (χ1v) is 8.25. The molecule has 0 unspecified atom stereocenters. The van der Waals surface area contributed by atoms with Crippen LogP contribution in [0, 0.1) is 5.82 Å². The molecule has 8 heteroatoms. The van der Waals surface area contributed by atoms with Crippen LogP contribution in [0.1, 0.15) is 20.8 Å². The highest BCUT2D eigenvalue weighted by atomic mass is 79.9. The van der Waals surface area contributed by atoms with E-state index < -0.39 is 21.4 Å². The van der Waals surface area contributed by atoms with Crippen LogP contribution in [0.25, 0.3) is 0 Å². The van der Waals surface area contributed by atoms with E-state index in [1.54, 1.807) is 13.8 Å². The van der Waals surface area contributed by atoms with Gasteiger partial charge in [-0.25, -0.2) is 17.5 Å². The lowest BCUT2D eigenvalue weighted by molar-refractivity contribution is -0.00515. The highest BCUT2D eigenvalue weighted by Gasteiger charge is 2.24. The number of rotatable bonds is 6. The molecule has 0 atom stereocenters. The van der Waals surface area contributed by atoms with Gasteiger partial charge >= 0.3 is 0 Å². The number of anilines is 1. The Kier molecular flexibility index (Phi) is 5.54. The smallest absolute Gasteiger partial charge is 0.242 e. The van der Waals surface area contributed by atoms with Gasteiger partial charge in [0.2, 0.25) is 10.0 Å². The third-order valence-corrected chi connectivity index (χ3v) is 4.63. The number of hydrogen-bond donors (Lipinski definition) is 2. The molecule has 0 spiro atoms. The molecule has 1 aromatic carbocycles. The van der Waals surface area contributed by atoms with E-state index in [4.69, 9.17) is 10.5 Å². The molecule has 0 saturated heterocycles. The lowest BCUT2D eigenvalue weighted by Crippen LogP contribution is -2.40. The second kappa shape index (κ2) is 6.38. The number of ether oxygens (including phenoxy) is 1. The van der Waals surface area contributed by atoms with Gasteiger partial charge in [0.25, 0.3) is 0 Å². The molecule has 0 saturated carbocycles. The fraction of sp³-hybridized carbons (Fsp3) is 0.500. The first-order chi connectivity index (χ1) is 9.09. The number of nitrogens with two attached hydrogens (primary N) is 1. The summed E-state index contributed by atoms with van der Waals surface area (Å²) in [6, 6.07) is 2.10. The molecule has 1 rings (SSSR count). The van der Waals surface area contributed by atoms with Crippen molar-refractivity contribution in [1.82, 2.24) is 4.72 Å². The van der Waals surface area contributed by atoms with Crippen LogP contribution in [0.3, 0.4) is 0 Å². The topological polar surface area (TPSA) is 81.4 Å². The molecule has 114 valence electrons. The van der Waals surface area contributed by atoms with Crippen LogP contribution >= 0.6 is 15.9 Å². The fourth-order valence-corrected chi connectivity index (χ4v) is 3.40. The van der Waals surface area contributed by atoms with Gasteiger partial charge in [0.05, 0.1) is 15.8 Å². The zero-order valence-corrected chi connectivity index (χ0v) is 13.9. The lowest BCUT2D eigenvalue weighted by atomic mass is 10.1. The molecule has 0 aromatic heterocycles. The maximum atomic E-state index is 13.3. The molecule has 20 heavy (non-hydrogen) atoms. The molecule has 0 aliphatic carbocycles. The van der Waals surface area contributed by atoms with Crippen molar-refractivity contribution < 1.29 is 17.5 Å². The lowest BCUT2D eigenvalue weighted by Gasteiger charge is -2.25. The predicted octanol–water partition coefficient (Wildman–Crippen LogP) is 2.26. The highest BCUT2D eigenvalue weighted by Crippen LogP contribution is 2.26. The van der Waals surface area contributed by atoms with Gasteiger partial charge in [0.15, 0.2) is 0 Å². The average Bonchev–Trinajstić information content (AvgIpc) is 2.31. The molecule has 0 amide bonds. The third kappa shape index (κ3) is 4.41. The average molecular weight is 369 g/mol. The summed E-state index contributed by atoms with van der Waals surface area (Å²) in [6.07, 6.45) is 0. The zero-order valence-electron chi connectivity index (χ0n) is 11.5. The van der Waals surface area contributed by atoms with Gasteiger partial charge in [-0.05, 0) is 48.8 Å². The van der Waals surface area contributed by atoms with Crippen molar-refractivity contribution in [2.24, 2.45) is 0 Å². The molecule has 0 aliphatic heterocycles. The minimum absolute atomic E-state index is 0.0381. The Morgan fingerprint density at radius 1 is 1.45 bits per heavy atom. The first-order valence-electron chi connectivity index (χ1n) is 5.97. The quantitative estimate of drug-likeness (QED) is 0.754. The monoisotopic (exact) mass is 368 g/mol. The Morgan fingerprint density at radius 2 is 2.05 bits per heavy atom. The van der Waals surface area contributed by atoms with Crippen LogP contribution in [0.2, 0.25) is 0 Å². The van der Waals surface area contributed by atoms with Crippen molar-refractivity contribution in [3.05, 3.63) is 22.4 Å². The van der Waals surface area contributed by atoms with Crippen molar-refractivity contribution in [3.8, 4) is 0 Å². The molecule has 0 heterocycles. The van der Waals surface area contributed by atoms with Crippen molar-refractivity contribution in [3.63, 3.8) is 0 Å². The van der Waals surface area contributed by atoms with Gasteiger partial charge in [-0.2, -0.15) is 0 Å². The summed E-state index contributed by atoms with van der Waals surface area (Å²) in [5.74, 6) is -0.615. The second-order valence-electron chi connectivity index (χ2n) is 4.82. The maximum absolute atomic E-state index is 13.3. The maximum Gasteiger partial charge on any atom is 0.242 e. The van der Waals surface area contributed by atoms with Gasteiger partial charge in [-0.15, -0.1) is 0 Å². The highest BCUT2D eigenvalue weighted by molar-refractivity contribution is 9.10. The van der Waals surface area contributed by atoms with Crippen molar-refractivity contribution in [1.29, 1.82) is 0 Å². The van der Waals surface area contributed by atoms with E-state index in [1.807, 2.05) is 6.92 Å². The molecule has 5 nitrogen and oxygen atoms in total. The number of nitrogen functional groups attached to an aromatic ring is 1. The Morgan fingerprint density at radius 3 is 2.60 bits per heavy atom. The van der Waals surface area contributed by atoms with E-state index in [0.29, 0.717) is 6.61 Å². The van der Waals surface area contributed by atoms with Crippen LogP contribution in [0.15, 0.2) is 21.5 Å². The molecule has 1 aromatic rings. The van der Waals surface area contributed by atoms with Crippen LogP contribution in [0.5, 0.6) is 0 Å². The van der Waals surface area contributed by atoms with E-state index >= 15 is 0 Å². The van der Waals surface area contributed by atoms with Gasteiger partial charge in [-0.1, -0.05) is 0 Å². The molecular formula is C12H18BrFN2O3S. The Bertz CT molecular complexity index is 591. The predicted molar refractivity (Wildman–Crippen MR) is 79.4 cm³/mol.